The van der Waals surface area contributed by atoms with Gasteiger partial charge in [0.05, 0.1) is 11.3 Å². The van der Waals surface area contributed by atoms with Gasteiger partial charge in [-0.3, -0.25) is 0 Å². The molecule has 3 nitrogen and oxygen atoms in total. The molecule has 0 spiro atoms. The molecule has 24 heavy (non-hydrogen) atoms. The number of aromatic hydroxyl groups is 1. The summed E-state index contributed by atoms with van der Waals surface area (Å²) in [5.41, 5.74) is 2.90. The van der Waals surface area contributed by atoms with E-state index < -0.39 is 0 Å². The lowest BCUT2D eigenvalue weighted by Gasteiger charge is -1.99. The fourth-order valence-electron chi connectivity index (χ4n) is 2.19. The average Bonchev–Trinajstić information content (AvgIpc) is 3.10. The summed E-state index contributed by atoms with van der Waals surface area (Å²) in [5, 5.41) is 21.8. The molecule has 1 aromatic heterocycles. The quantitative estimate of drug-likeness (QED) is 0.532. The molecule has 0 atom stereocenters. The van der Waals surface area contributed by atoms with E-state index >= 15 is 0 Å². The van der Waals surface area contributed by atoms with Crippen LogP contribution in [0, 0.1) is 11.3 Å². The first-order chi connectivity index (χ1) is 11.8. The van der Waals surface area contributed by atoms with Crippen LogP contribution in [0.5, 0.6) is 5.75 Å². The van der Waals surface area contributed by atoms with Gasteiger partial charge >= 0.3 is 0 Å². The smallest absolute Gasteiger partial charge is 0.134 e. The number of nitriles is 1. The monoisotopic (exact) mass is 330 g/mol. The Hall–Kier alpha value is -3.16. The summed E-state index contributed by atoms with van der Waals surface area (Å²) in [7, 11) is 0. The lowest BCUT2D eigenvalue weighted by molar-refractivity contribution is 0.477. The summed E-state index contributed by atoms with van der Waals surface area (Å²) in [5.74, 6) is 0.181. The first-order valence-corrected chi connectivity index (χ1v) is 8.23. The zero-order valence-corrected chi connectivity index (χ0v) is 13.6. The molecule has 4 heteroatoms. The predicted octanol–water partition coefficient (Wildman–Crippen LogP) is 5.14. The van der Waals surface area contributed by atoms with Gasteiger partial charge in [0.1, 0.15) is 16.8 Å². The summed E-state index contributed by atoms with van der Waals surface area (Å²) < 4.78 is 0. The molecule has 0 saturated heterocycles. The Labute approximate surface area is 144 Å². The minimum Gasteiger partial charge on any atom is -0.507 e. The standard InChI is InChI=1S/C20H14N2OS/c21-13-16(10-6-9-15-7-2-1-3-8-15)20-22-18(14-24-20)17-11-4-5-12-19(17)23/h1-12,14,23H/b9-6+,16-10+. The molecule has 0 fully saturated rings. The van der Waals surface area contributed by atoms with Gasteiger partial charge in [-0.25, -0.2) is 4.98 Å². The summed E-state index contributed by atoms with van der Waals surface area (Å²) in [6.07, 6.45) is 5.53. The molecular weight excluding hydrogens is 316 g/mol. The average molecular weight is 330 g/mol. The minimum atomic E-state index is 0.181. The van der Waals surface area contributed by atoms with E-state index in [1.807, 2.05) is 53.9 Å². The van der Waals surface area contributed by atoms with Crippen LogP contribution in [-0.4, -0.2) is 10.1 Å². The van der Waals surface area contributed by atoms with Gasteiger partial charge in [0.15, 0.2) is 0 Å². The number of rotatable bonds is 4. The highest BCUT2D eigenvalue weighted by molar-refractivity contribution is 7.11. The molecule has 0 saturated carbocycles. The van der Waals surface area contributed by atoms with Crippen molar-refractivity contribution in [2.75, 3.05) is 0 Å². The largest absolute Gasteiger partial charge is 0.507 e. The number of nitrogens with zero attached hydrogens (tertiary/aromatic N) is 2. The van der Waals surface area contributed by atoms with Gasteiger partial charge in [0, 0.05) is 10.9 Å². The zero-order chi connectivity index (χ0) is 16.8. The fraction of sp³-hybridized carbons (Fsp3) is 0. The van der Waals surface area contributed by atoms with Gasteiger partial charge in [-0.2, -0.15) is 5.26 Å². The third-order valence-corrected chi connectivity index (χ3v) is 4.26. The van der Waals surface area contributed by atoms with E-state index in [1.165, 1.54) is 11.3 Å². The summed E-state index contributed by atoms with van der Waals surface area (Å²) in [4.78, 5) is 4.47. The highest BCUT2D eigenvalue weighted by atomic mass is 32.1. The van der Waals surface area contributed by atoms with Gasteiger partial charge < -0.3 is 5.11 Å². The number of hydrogen-bond acceptors (Lipinski definition) is 4. The number of aromatic nitrogens is 1. The molecule has 0 aliphatic rings. The molecule has 0 aliphatic carbocycles. The number of benzene rings is 2. The van der Waals surface area contributed by atoms with Gasteiger partial charge in [-0.1, -0.05) is 54.6 Å². The number of hydrogen-bond donors (Lipinski definition) is 1. The van der Waals surface area contributed by atoms with Gasteiger partial charge in [-0.05, 0) is 23.8 Å². The number of phenols is 1. The van der Waals surface area contributed by atoms with E-state index in [0.29, 0.717) is 21.8 Å². The van der Waals surface area contributed by atoms with Crippen LogP contribution in [0.1, 0.15) is 10.6 Å². The SMILES string of the molecule is N#C/C(=C\C=C\c1ccccc1)c1nc(-c2ccccc2O)cs1. The molecule has 1 heterocycles. The topological polar surface area (TPSA) is 56.9 Å². The molecule has 0 aliphatic heterocycles. The number of para-hydroxylation sites is 1. The molecule has 116 valence electrons. The van der Waals surface area contributed by atoms with E-state index in [-0.39, 0.29) is 5.75 Å². The van der Waals surface area contributed by atoms with Gasteiger partial charge in [0.25, 0.3) is 0 Å². The van der Waals surface area contributed by atoms with Crippen molar-refractivity contribution in [1.82, 2.24) is 4.98 Å². The first kappa shape index (κ1) is 15.7. The number of phenolic OH excluding ortho intramolecular Hbond substituents is 1. The third kappa shape index (κ3) is 3.60. The van der Waals surface area contributed by atoms with Crippen LogP contribution in [0.4, 0.5) is 0 Å². The van der Waals surface area contributed by atoms with Crippen molar-refractivity contribution in [3.05, 3.63) is 82.7 Å². The van der Waals surface area contributed by atoms with Gasteiger partial charge in [0.2, 0.25) is 0 Å². The Bertz CT molecular complexity index is 934. The van der Waals surface area contributed by atoms with Crippen molar-refractivity contribution in [3.8, 4) is 23.1 Å². The van der Waals surface area contributed by atoms with Crippen LogP contribution < -0.4 is 0 Å². The lowest BCUT2D eigenvalue weighted by atomic mass is 10.1. The Morgan fingerprint density at radius 3 is 2.58 bits per heavy atom. The van der Waals surface area contributed by atoms with Crippen LogP contribution in [-0.2, 0) is 0 Å². The fourth-order valence-corrected chi connectivity index (χ4v) is 2.98. The van der Waals surface area contributed by atoms with Crippen molar-refractivity contribution in [3.63, 3.8) is 0 Å². The molecule has 3 aromatic rings. The van der Waals surface area contributed by atoms with Crippen LogP contribution >= 0.6 is 11.3 Å². The van der Waals surface area contributed by atoms with E-state index in [0.717, 1.165) is 5.56 Å². The van der Waals surface area contributed by atoms with Crippen molar-refractivity contribution in [1.29, 1.82) is 5.26 Å². The lowest BCUT2D eigenvalue weighted by Crippen LogP contribution is -1.82. The Balaban J connectivity index is 1.85. The summed E-state index contributed by atoms with van der Waals surface area (Å²) >= 11 is 1.39. The highest BCUT2D eigenvalue weighted by Gasteiger charge is 2.10. The second-order valence-corrected chi connectivity index (χ2v) is 5.88. The van der Waals surface area contributed by atoms with E-state index in [2.05, 4.69) is 11.1 Å². The van der Waals surface area contributed by atoms with Crippen LogP contribution in [0.15, 0.2) is 72.1 Å². The maximum atomic E-state index is 9.91. The predicted molar refractivity (Wildman–Crippen MR) is 98.3 cm³/mol. The van der Waals surface area contributed by atoms with Gasteiger partial charge in [-0.15, -0.1) is 11.3 Å². The second-order valence-electron chi connectivity index (χ2n) is 5.02. The molecular formula is C20H14N2OS. The molecule has 2 aromatic carbocycles. The first-order valence-electron chi connectivity index (χ1n) is 7.35. The second kappa shape index (κ2) is 7.40. The van der Waals surface area contributed by atoms with Crippen molar-refractivity contribution in [2.24, 2.45) is 0 Å². The van der Waals surface area contributed by atoms with E-state index in [4.69, 9.17) is 0 Å². The van der Waals surface area contributed by atoms with Crippen LogP contribution in [0.2, 0.25) is 0 Å². The molecule has 0 amide bonds. The normalized spacial score (nSPS) is 11.5. The van der Waals surface area contributed by atoms with Crippen LogP contribution in [0.25, 0.3) is 22.9 Å². The van der Waals surface area contributed by atoms with Crippen molar-refractivity contribution < 1.29 is 5.11 Å². The highest BCUT2D eigenvalue weighted by Crippen LogP contribution is 2.31. The van der Waals surface area contributed by atoms with E-state index in [9.17, 15) is 10.4 Å². The summed E-state index contributed by atoms with van der Waals surface area (Å²) in [6, 6.07) is 19.1. The molecule has 3 rings (SSSR count). The molecule has 1 N–H and O–H groups in total. The van der Waals surface area contributed by atoms with E-state index in [1.54, 1.807) is 24.3 Å². The molecule has 0 unspecified atom stereocenters. The summed E-state index contributed by atoms with van der Waals surface area (Å²) in [6.45, 7) is 0. The van der Waals surface area contributed by atoms with Crippen molar-refractivity contribution in [2.45, 2.75) is 0 Å². The Morgan fingerprint density at radius 2 is 1.83 bits per heavy atom. The Kier molecular flexibility index (Phi) is 4.85. The maximum absolute atomic E-state index is 9.91. The van der Waals surface area contributed by atoms with Crippen molar-refractivity contribution >= 4 is 23.0 Å². The number of thiazole rings is 1. The third-order valence-electron chi connectivity index (χ3n) is 3.39. The van der Waals surface area contributed by atoms with Crippen LogP contribution in [0.3, 0.4) is 0 Å². The molecule has 0 radical (unpaired) electrons. The number of allylic oxidation sites excluding steroid dienone is 3. The zero-order valence-electron chi connectivity index (χ0n) is 12.8. The maximum Gasteiger partial charge on any atom is 0.134 e. The minimum absolute atomic E-state index is 0.181. The Morgan fingerprint density at radius 1 is 1.08 bits per heavy atom. The molecule has 0 bridgehead atoms.